The van der Waals surface area contributed by atoms with E-state index in [0.29, 0.717) is 18.0 Å². The molecule has 2 aromatic carbocycles. The summed E-state index contributed by atoms with van der Waals surface area (Å²) in [5, 5.41) is 3.55. The number of hydrogen-bond donors (Lipinski definition) is 1. The molecule has 146 valence electrons. The fraction of sp³-hybridized carbons (Fsp3) is 0.350. The summed E-state index contributed by atoms with van der Waals surface area (Å²) < 4.78 is 10.5. The molecule has 0 spiro atoms. The van der Waals surface area contributed by atoms with E-state index in [4.69, 9.17) is 21.1 Å². The Morgan fingerprint density at radius 2 is 1.81 bits per heavy atom. The van der Waals surface area contributed by atoms with Crippen molar-refractivity contribution in [3.63, 3.8) is 0 Å². The molecule has 0 aliphatic rings. The summed E-state index contributed by atoms with van der Waals surface area (Å²) in [4.78, 5) is 13.2. The number of benzene rings is 2. The molecule has 1 unspecified atom stereocenters. The third-order valence-corrected chi connectivity index (χ3v) is 6.14. The Morgan fingerprint density at radius 3 is 2.48 bits per heavy atom. The molecule has 27 heavy (non-hydrogen) atoms. The average molecular weight is 426 g/mol. The molecule has 7 heteroatoms. The van der Waals surface area contributed by atoms with E-state index in [0.717, 1.165) is 21.4 Å². The SMILES string of the molecule is COc1ccc(SC(C)C(=O)NCCSCc2ccc(Cl)cc2)cc1OC. The quantitative estimate of drug-likeness (QED) is 0.434. The van der Waals surface area contributed by atoms with Gasteiger partial charge in [0.1, 0.15) is 0 Å². The summed E-state index contributed by atoms with van der Waals surface area (Å²) in [7, 11) is 3.20. The van der Waals surface area contributed by atoms with Crippen molar-refractivity contribution in [3.8, 4) is 11.5 Å². The molecular formula is C20H24ClNO3S2. The van der Waals surface area contributed by atoms with Crippen molar-refractivity contribution in [2.45, 2.75) is 22.8 Å². The van der Waals surface area contributed by atoms with Crippen molar-refractivity contribution in [2.24, 2.45) is 0 Å². The molecule has 0 heterocycles. The Morgan fingerprint density at radius 1 is 1.11 bits per heavy atom. The van der Waals surface area contributed by atoms with Crippen LogP contribution in [0.15, 0.2) is 47.4 Å². The first-order chi connectivity index (χ1) is 13.0. The zero-order valence-electron chi connectivity index (χ0n) is 15.7. The van der Waals surface area contributed by atoms with Gasteiger partial charge in [0.15, 0.2) is 11.5 Å². The fourth-order valence-corrected chi connectivity index (χ4v) is 4.17. The molecule has 2 rings (SSSR count). The number of rotatable bonds is 10. The van der Waals surface area contributed by atoms with Crippen molar-refractivity contribution in [2.75, 3.05) is 26.5 Å². The Kier molecular flexibility index (Phi) is 9.18. The van der Waals surface area contributed by atoms with Gasteiger partial charge in [0.2, 0.25) is 5.91 Å². The number of ether oxygens (including phenoxy) is 2. The van der Waals surface area contributed by atoms with E-state index < -0.39 is 0 Å². The van der Waals surface area contributed by atoms with E-state index in [1.807, 2.05) is 49.4 Å². The first-order valence-corrected chi connectivity index (χ1v) is 10.9. The van der Waals surface area contributed by atoms with Crippen LogP contribution in [0.5, 0.6) is 11.5 Å². The summed E-state index contributed by atoms with van der Waals surface area (Å²) >= 11 is 9.16. The van der Waals surface area contributed by atoms with E-state index in [-0.39, 0.29) is 11.2 Å². The second-order valence-electron chi connectivity index (χ2n) is 5.75. The molecule has 1 atom stereocenters. The Labute approximate surface area is 174 Å². The van der Waals surface area contributed by atoms with E-state index in [2.05, 4.69) is 5.32 Å². The highest BCUT2D eigenvalue weighted by molar-refractivity contribution is 8.00. The minimum absolute atomic E-state index is 0.0295. The van der Waals surface area contributed by atoms with Crippen molar-refractivity contribution in [1.82, 2.24) is 5.32 Å². The van der Waals surface area contributed by atoms with Crippen LogP contribution in [0.2, 0.25) is 5.02 Å². The lowest BCUT2D eigenvalue weighted by molar-refractivity contribution is -0.120. The minimum Gasteiger partial charge on any atom is -0.493 e. The number of halogens is 1. The lowest BCUT2D eigenvalue weighted by Crippen LogP contribution is -2.32. The lowest BCUT2D eigenvalue weighted by atomic mass is 10.2. The molecule has 1 N–H and O–H groups in total. The van der Waals surface area contributed by atoms with Crippen LogP contribution in [0.25, 0.3) is 0 Å². The minimum atomic E-state index is -0.190. The summed E-state index contributed by atoms with van der Waals surface area (Å²) in [6, 6.07) is 13.5. The van der Waals surface area contributed by atoms with Crippen LogP contribution >= 0.6 is 35.1 Å². The van der Waals surface area contributed by atoms with Crippen molar-refractivity contribution >= 4 is 41.0 Å². The Bertz CT molecular complexity index is 741. The number of hydrogen-bond acceptors (Lipinski definition) is 5. The molecule has 1 amide bonds. The fourth-order valence-electron chi connectivity index (χ4n) is 2.31. The van der Waals surface area contributed by atoms with Gasteiger partial charge in [0.25, 0.3) is 0 Å². The summed E-state index contributed by atoms with van der Waals surface area (Å²) in [6.45, 7) is 2.55. The summed E-state index contributed by atoms with van der Waals surface area (Å²) in [6.07, 6.45) is 0. The number of methoxy groups -OCH3 is 2. The predicted molar refractivity (Wildman–Crippen MR) is 115 cm³/mol. The van der Waals surface area contributed by atoms with E-state index in [9.17, 15) is 4.79 Å². The van der Waals surface area contributed by atoms with Gasteiger partial charge in [-0.25, -0.2) is 0 Å². The summed E-state index contributed by atoms with van der Waals surface area (Å²) in [5.74, 6) is 3.14. The van der Waals surface area contributed by atoms with Gasteiger partial charge < -0.3 is 14.8 Å². The molecule has 0 aromatic heterocycles. The molecule has 0 bridgehead atoms. The normalized spacial score (nSPS) is 11.7. The van der Waals surface area contributed by atoms with Crippen LogP contribution in [0.3, 0.4) is 0 Å². The highest BCUT2D eigenvalue weighted by Gasteiger charge is 2.15. The molecule has 0 fully saturated rings. The number of carbonyl (C=O) groups is 1. The van der Waals surface area contributed by atoms with Gasteiger partial charge in [-0.3, -0.25) is 4.79 Å². The van der Waals surface area contributed by atoms with Crippen molar-refractivity contribution in [3.05, 3.63) is 53.1 Å². The Hall–Kier alpha value is -1.50. The predicted octanol–water partition coefficient (Wildman–Crippen LogP) is 4.89. The van der Waals surface area contributed by atoms with Gasteiger partial charge >= 0.3 is 0 Å². The van der Waals surface area contributed by atoms with Crippen LogP contribution in [0, 0.1) is 0 Å². The highest BCUT2D eigenvalue weighted by Crippen LogP contribution is 2.33. The highest BCUT2D eigenvalue weighted by atomic mass is 35.5. The maximum absolute atomic E-state index is 12.3. The van der Waals surface area contributed by atoms with Gasteiger partial charge in [0, 0.05) is 28.0 Å². The van der Waals surface area contributed by atoms with E-state index >= 15 is 0 Å². The van der Waals surface area contributed by atoms with Crippen LogP contribution in [0.4, 0.5) is 0 Å². The first-order valence-electron chi connectivity index (χ1n) is 8.52. The second kappa shape index (κ2) is 11.4. The van der Waals surface area contributed by atoms with Crippen LogP contribution in [0.1, 0.15) is 12.5 Å². The monoisotopic (exact) mass is 425 g/mol. The largest absolute Gasteiger partial charge is 0.493 e. The smallest absolute Gasteiger partial charge is 0.233 e. The number of nitrogens with one attached hydrogen (secondary N) is 1. The molecule has 0 aliphatic carbocycles. The molecule has 2 aromatic rings. The van der Waals surface area contributed by atoms with Gasteiger partial charge in [-0.15, -0.1) is 11.8 Å². The number of amides is 1. The maximum Gasteiger partial charge on any atom is 0.233 e. The standard InChI is InChI=1S/C20H24ClNO3S2/c1-14(27-17-8-9-18(24-2)19(12-17)25-3)20(23)22-10-11-26-13-15-4-6-16(21)7-5-15/h4-9,12,14H,10-11,13H2,1-3H3,(H,22,23). The summed E-state index contributed by atoms with van der Waals surface area (Å²) in [5.41, 5.74) is 1.23. The molecule has 0 radical (unpaired) electrons. The van der Waals surface area contributed by atoms with Gasteiger partial charge in [0.05, 0.1) is 19.5 Å². The van der Waals surface area contributed by atoms with E-state index in [1.54, 1.807) is 26.0 Å². The van der Waals surface area contributed by atoms with Crippen molar-refractivity contribution in [1.29, 1.82) is 0 Å². The molecule has 4 nitrogen and oxygen atoms in total. The topological polar surface area (TPSA) is 47.6 Å². The molecule has 0 saturated carbocycles. The lowest BCUT2D eigenvalue weighted by Gasteiger charge is -2.14. The van der Waals surface area contributed by atoms with Crippen LogP contribution in [-0.4, -0.2) is 37.7 Å². The van der Waals surface area contributed by atoms with Crippen LogP contribution < -0.4 is 14.8 Å². The van der Waals surface area contributed by atoms with Gasteiger partial charge in [-0.05, 0) is 42.8 Å². The Balaban J connectivity index is 1.71. The first kappa shape index (κ1) is 21.8. The third kappa shape index (κ3) is 7.20. The molecule has 0 aliphatic heterocycles. The molecular weight excluding hydrogens is 402 g/mol. The van der Waals surface area contributed by atoms with Gasteiger partial charge in [-0.1, -0.05) is 23.7 Å². The second-order valence-corrected chi connectivity index (χ2v) is 8.70. The van der Waals surface area contributed by atoms with Crippen LogP contribution in [-0.2, 0) is 10.5 Å². The maximum atomic E-state index is 12.3. The third-order valence-electron chi connectivity index (χ3n) is 3.76. The number of thioether (sulfide) groups is 2. The average Bonchev–Trinajstić information content (AvgIpc) is 2.68. The van der Waals surface area contributed by atoms with Gasteiger partial charge in [-0.2, -0.15) is 11.8 Å². The van der Waals surface area contributed by atoms with E-state index in [1.165, 1.54) is 17.3 Å². The zero-order valence-corrected chi connectivity index (χ0v) is 18.0. The number of carbonyl (C=O) groups excluding carboxylic acids is 1. The van der Waals surface area contributed by atoms with Crippen molar-refractivity contribution < 1.29 is 14.3 Å². The molecule has 0 saturated heterocycles. The zero-order chi connectivity index (χ0) is 19.6.